The molecular weight excluding hydrogens is 356 g/mol. The zero-order valence-corrected chi connectivity index (χ0v) is 14.0. The highest BCUT2D eigenvalue weighted by Gasteiger charge is 2.11. The lowest BCUT2D eigenvalue weighted by molar-refractivity contribution is 0.601. The maximum atomic E-state index is 13.3. The van der Waals surface area contributed by atoms with Gasteiger partial charge in [-0.2, -0.15) is 0 Å². The lowest BCUT2D eigenvalue weighted by atomic mass is 10.1. The third kappa shape index (κ3) is 5.09. The van der Waals surface area contributed by atoms with Gasteiger partial charge in [0.25, 0.3) is 0 Å². The molecular formula is C16H16BrF2NS. The summed E-state index contributed by atoms with van der Waals surface area (Å²) in [7, 11) is 1.89. The van der Waals surface area contributed by atoms with E-state index in [1.807, 2.05) is 7.05 Å². The molecule has 21 heavy (non-hydrogen) atoms. The van der Waals surface area contributed by atoms with Crippen LogP contribution in [0.15, 0.2) is 51.8 Å². The Bertz CT molecular complexity index is 589. The number of benzene rings is 2. The predicted octanol–water partition coefficient (Wildman–Crippen LogP) is 4.65. The van der Waals surface area contributed by atoms with Crippen molar-refractivity contribution in [3.8, 4) is 0 Å². The summed E-state index contributed by atoms with van der Waals surface area (Å²) in [6.07, 6.45) is 0.725. The Hall–Kier alpha value is -0.910. The van der Waals surface area contributed by atoms with Gasteiger partial charge in [-0.15, -0.1) is 11.8 Å². The van der Waals surface area contributed by atoms with Crippen molar-refractivity contribution in [2.45, 2.75) is 17.4 Å². The molecule has 1 nitrogen and oxygen atoms in total. The summed E-state index contributed by atoms with van der Waals surface area (Å²) in [6, 6.07) is 11.4. The van der Waals surface area contributed by atoms with Crippen molar-refractivity contribution in [3.63, 3.8) is 0 Å². The number of thioether (sulfide) groups is 1. The molecule has 5 heteroatoms. The Kier molecular flexibility index (Phi) is 6.21. The normalized spacial score (nSPS) is 12.4. The topological polar surface area (TPSA) is 12.0 Å². The highest BCUT2D eigenvalue weighted by atomic mass is 79.9. The van der Waals surface area contributed by atoms with E-state index in [4.69, 9.17) is 0 Å². The number of hydrogen-bond donors (Lipinski definition) is 1. The molecule has 0 aliphatic rings. The number of halogens is 3. The van der Waals surface area contributed by atoms with E-state index >= 15 is 0 Å². The van der Waals surface area contributed by atoms with Crippen LogP contribution in [0, 0.1) is 11.6 Å². The molecule has 0 aromatic heterocycles. The highest BCUT2D eigenvalue weighted by molar-refractivity contribution is 9.10. The Balaban J connectivity index is 1.96. The molecule has 0 aliphatic heterocycles. The first kappa shape index (κ1) is 16.5. The molecule has 1 N–H and O–H groups in total. The molecule has 0 bridgehead atoms. The van der Waals surface area contributed by atoms with Crippen molar-refractivity contribution in [1.29, 1.82) is 0 Å². The van der Waals surface area contributed by atoms with Crippen LogP contribution in [0.1, 0.15) is 5.56 Å². The van der Waals surface area contributed by atoms with Crippen LogP contribution < -0.4 is 5.32 Å². The second-order valence-electron chi connectivity index (χ2n) is 4.69. The van der Waals surface area contributed by atoms with Gasteiger partial charge in [-0.3, -0.25) is 0 Å². The zero-order valence-electron chi connectivity index (χ0n) is 11.6. The average Bonchev–Trinajstić information content (AvgIpc) is 2.48. The minimum atomic E-state index is -0.229. The van der Waals surface area contributed by atoms with Crippen LogP contribution in [0.4, 0.5) is 8.78 Å². The van der Waals surface area contributed by atoms with Gasteiger partial charge in [0.15, 0.2) is 0 Å². The maximum Gasteiger partial charge on any atom is 0.123 e. The summed E-state index contributed by atoms with van der Waals surface area (Å²) >= 11 is 5.10. The SMILES string of the molecule is CNC(CSc1ccc(F)cc1)Cc1cc(F)ccc1Br. The van der Waals surface area contributed by atoms with Gasteiger partial charge in [0.05, 0.1) is 0 Å². The molecule has 0 fully saturated rings. The number of likely N-dealkylation sites (N-methyl/N-ethyl adjacent to an activating group) is 1. The van der Waals surface area contributed by atoms with Gasteiger partial charge in [0, 0.05) is 21.2 Å². The molecule has 0 aliphatic carbocycles. The van der Waals surface area contributed by atoms with E-state index in [2.05, 4.69) is 21.2 Å². The lowest BCUT2D eigenvalue weighted by Gasteiger charge is -2.17. The zero-order chi connectivity index (χ0) is 15.2. The molecule has 1 unspecified atom stereocenters. The minimum absolute atomic E-state index is 0.207. The molecule has 0 radical (unpaired) electrons. The van der Waals surface area contributed by atoms with Crippen LogP contribution in [-0.2, 0) is 6.42 Å². The van der Waals surface area contributed by atoms with Gasteiger partial charge in [-0.1, -0.05) is 15.9 Å². The van der Waals surface area contributed by atoms with Crippen molar-refractivity contribution in [1.82, 2.24) is 5.32 Å². The van der Waals surface area contributed by atoms with Crippen LogP contribution in [0.25, 0.3) is 0 Å². The first-order chi connectivity index (χ1) is 10.1. The van der Waals surface area contributed by atoms with Gasteiger partial charge in [0.2, 0.25) is 0 Å². The standard InChI is InChI=1S/C16H16BrF2NS/c1-20-14(9-11-8-13(19)4-7-16(11)17)10-21-15-5-2-12(18)3-6-15/h2-8,14,20H,9-10H2,1H3. The van der Waals surface area contributed by atoms with Crippen LogP contribution in [0.5, 0.6) is 0 Å². The second kappa shape index (κ2) is 7.92. The van der Waals surface area contributed by atoms with Crippen molar-refractivity contribution < 1.29 is 8.78 Å². The fraction of sp³-hybridized carbons (Fsp3) is 0.250. The van der Waals surface area contributed by atoms with Gasteiger partial charge in [0.1, 0.15) is 11.6 Å². The third-order valence-corrected chi connectivity index (χ3v) is 5.10. The molecule has 2 aromatic carbocycles. The van der Waals surface area contributed by atoms with E-state index in [0.717, 1.165) is 27.1 Å². The summed E-state index contributed by atoms with van der Waals surface area (Å²) in [5.41, 5.74) is 0.939. The largest absolute Gasteiger partial charge is 0.316 e. The Morgan fingerprint density at radius 2 is 1.76 bits per heavy atom. The highest BCUT2D eigenvalue weighted by Crippen LogP contribution is 2.23. The van der Waals surface area contributed by atoms with Crippen molar-refractivity contribution in [2.24, 2.45) is 0 Å². The first-order valence-corrected chi connectivity index (χ1v) is 8.36. The molecule has 0 spiro atoms. The first-order valence-electron chi connectivity index (χ1n) is 6.58. The predicted molar refractivity (Wildman–Crippen MR) is 87.8 cm³/mol. The fourth-order valence-corrected chi connectivity index (χ4v) is 3.35. The van der Waals surface area contributed by atoms with Crippen molar-refractivity contribution >= 4 is 27.7 Å². The minimum Gasteiger partial charge on any atom is -0.316 e. The quantitative estimate of drug-likeness (QED) is 0.741. The third-order valence-electron chi connectivity index (χ3n) is 3.15. The Morgan fingerprint density at radius 3 is 2.43 bits per heavy atom. The second-order valence-corrected chi connectivity index (χ2v) is 6.64. The fourth-order valence-electron chi connectivity index (χ4n) is 1.94. The number of nitrogens with one attached hydrogen (secondary N) is 1. The van der Waals surface area contributed by atoms with E-state index in [1.165, 1.54) is 18.2 Å². The molecule has 0 amide bonds. The summed E-state index contributed by atoms with van der Waals surface area (Å²) in [4.78, 5) is 1.02. The van der Waals surface area contributed by atoms with E-state index in [-0.39, 0.29) is 17.7 Å². The number of rotatable bonds is 6. The maximum absolute atomic E-state index is 13.3. The summed E-state index contributed by atoms with van der Waals surface area (Å²) in [5.74, 6) is 0.368. The molecule has 0 heterocycles. The Labute approximate surface area is 136 Å². The molecule has 2 aromatic rings. The molecule has 1 atom stereocenters. The van der Waals surface area contributed by atoms with E-state index in [1.54, 1.807) is 36.0 Å². The smallest absolute Gasteiger partial charge is 0.123 e. The summed E-state index contributed by atoms with van der Waals surface area (Å²) in [5, 5.41) is 3.24. The van der Waals surface area contributed by atoms with Crippen LogP contribution in [-0.4, -0.2) is 18.8 Å². The summed E-state index contributed by atoms with van der Waals surface area (Å²) in [6.45, 7) is 0. The molecule has 2 rings (SSSR count). The van der Waals surface area contributed by atoms with Crippen LogP contribution in [0.3, 0.4) is 0 Å². The van der Waals surface area contributed by atoms with Gasteiger partial charge >= 0.3 is 0 Å². The molecule has 0 saturated carbocycles. The van der Waals surface area contributed by atoms with Crippen molar-refractivity contribution in [2.75, 3.05) is 12.8 Å². The molecule has 0 saturated heterocycles. The van der Waals surface area contributed by atoms with E-state index < -0.39 is 0 Å². The Morgan fingerprint density at radius 1 is 1.10 bits per heavy atom. The van der Waals surface area contributed by atoms with Gasteiger partial charge in [-0.05, 0) is 61.5 Å². The monoisotopic (exact) mass is 371 g/mol. The van der Waals surface area contributed by atoms with E-state index in [9.17, 15) is 8.78 Å². The average molecular weight is 372 g/mol. The van der Waals surface area contributed by atoms with Crippen molar-refractivity contribution in [3.05, 3.63) is 64.1 Å². The van der Waals surface area contributed by atoms with E-state index in [0.29, 0.717) is 0 Å². The van der Waals surface area contributed by atoms with Crippen LogP contribution in [0.2, 0.25) is 0 Å². The van der Waals surface area contributed by atoms with Crippen LogP contribution >= 0.6 is 27.7 Å². The lowest BCUT2D eigenvalue weighted by Crippen LogP contribution is -2.30. The molecule has 112 valence electrons. The number of hydrogen-bond acceptors (Lipinski definition) is 2. The van der Waals surface area contributed by atoms with Gasteiger partial charge < -0.3 is 5.32 Å². The van der Waals surface area contributed by atoms with Gasteiger partial charge in [-0.25, -0.2) is 8.78 Å². The summed E-state index contributed by atoms with van der Waals surface area (Å²) < 4.78 is 27.1.